The van der Waals surface area contributed by atoms with Crippen LogP contribution in [0.1, 0.15) is 0 Å². The van der Waals surface area contributed by atoms with E-state index in [-0.39, 0.29) is 0 Å². The standard InChI is InChI=1S/C4H4BrN3O/c5-4-6-1-3(8-4)7-2-9/h1-2H,(H,6,8)(H,7,9). The number of imidazole rings is 1. The molecule has 0 fully saturated rings. The molecule has 4 nitrogen and oxygen atoms in total. The summed E-state index contributed by atoms with van der Waals surface area (Å²) in [5.41, 5.74) is 0. The van der Waals surface area contributed by atoms with Crippen LogP contribution in [0.15, 0.2) is 10.9 Å². The van der Waals surface area contributed by atoms with E-state index < -0.39 is 0 Å². The molecule has 1 heterocycles. The SMILES string of the molecule is O=CNc1cnc(Br)[nH]1. The third-order valence-corrected chi connectivity index (χ3v) is 1.16. The van der Waals surface area contributed by atoms with Gasteiger partial charge in [0.05, 0.1) is 6.20 Å². The molecular weight excluding hydrogens is 186 g/mol. The Morgan fingerprint density at radius 3 is 3.11 bits per heavy atom. The molecule has 0 atom stereocenters. The number of nitrogens with one attached hydrogen (secondary N) is 2. The van der Waals surface area contributed by atoms with Crippen molar-refractivity contribution in [2.75, 3.05) is 5.32 Å². The Hall–Kier alpha value is -0.840. The van der Waals surface area contributed by atoms with Crippen LogP contribution in [-0.4, -0.2) is 16.4 Å². The van der Waals surface area contributed by atoms with Gasteiger partial charge in [-0.25, -0.2) is 4.98 Å². The van der Waals surface area contributed by atoms with Gasteiger partial charge in [-0.3, -0.25) is 4.79 Å². The quantitative estimate of drug-likeness (QED) is 0.675. The molecule has 9 heavy (non-hydrogen) atoms. The average molecular weight is 190 g/mol. The summed E-state index contributed by atoms with van der Waals surface area (Å²) >= 11 is 3.08. The van der Waals surface area contributed by atoms with Crippen molar-refractivity contribution in [2.45, 2.75) is 0 Å². The highest BCUT2D eigenvalue weighted by atomic mass is 79.9. The van der Waals surface area contributed by atoms with E-state index >= 15 is 0 Å². The van der Waals surface area contributed by atoms with Crippen molar-refractivity contribution in [1.82, 2.24) is 9.97 Å². The summed E-state index contributed by atoms with van der Waals surface area (Å²) in [6.45, 7) is 0. The van der Waals surface area contributed by atoms with Gasteiger partial charge < -0.3 is 10.3 Å². The predicted octanol–water partition coefficient (Wildman–Crippen LogP) is 0.740. The smallest absolute Gasteiger partial charge is 0.212 e. The monoisotopic (exact) mass is 189 g/mol. The van der Waals surface area contributed by atoms with Crippen LogP contribution in [0.5, 0.6) is 0 Å². The van der Waals surface area contributed by atoms with Crippen LogP contribution in [-0.2, 0) is 4.79 Å². The highest BCUT2D eigenvalue weighted by Crippen LogP contribution is 2.06. The molecule has 0 aromatic carbocycles. The van der Waals surface area contributed by atoms with Crippen LogP contribution in [0.2, 0.25) is 0 Å². The summed E-state index contributed by atoms with van der Waals surface area (Å²) in [5.74, 6) is 0.580. The van der Waals surface area contributed by atoms with E-state index in [1.165, 1.54) is 6.20 Å². The Morgan fingerprint density at radius 1 is 1.89 bits per heavy atom. The zero-order valence-corrected chi connectivity index (χ0v) is 5.97. The number of aromatic nitrogens is 2. The minimum Gasteiger partial charge on any atom is -0.319 e. The second kappa shape index (κ2) is 2.63. The molecule has 1 aromatic heterocycles. The number of anilines is 1. The summed E-state index contributed by atoms with van der Waals surface area (Å²) in [6.07, 6.45) is 2.10. The fourth-order valence-electron chi connectivity index (χ4n) is 0.434. The topological polar surface area (TPSA) is 57.8 Å². The van der Waals surface area contributed by atoms with Crippen LogP contribution in [0.25, 0.3) is 0 Å². The van der Waals surface area contributed by atoms with Gasteiger partial charge in [0.15, 0.2) is 4.73 Å². The molecule has 1 aromatic rings. The first-order valence-electron chi connectivity index (χ1n) is 2.23. The van der Waals surface area contributed by atoms with Crippen molar-refractivity contribution in [3.8, 4) is 0 Å². The van der Waals surface area contributed by atoms with E-state index in [1.54, 1.807) is 0 Å². The van der Waals surface area contributed by atoms with Crippen LogP contribution in [0.3, 0.4) is 0 Å². The van der Waals surface area contributed by atoms with Crippen LogP contribution < -0.4 is 5.32 Å². The lowest BCUT2D eigenvalue weighted by atomic mass is 10.8. The number of amides is 1. The number of hydrogen-bond donors (Lipinski definition) is 2. The summed E-state index contributed by atoms with van der Waals surface area (Å²) in [7, 11) is 0. The molecule has 0 saturated heterocycles. The van der Waals surface area contributed by atoms with Gasteiger partial charge in [-0.1, -0.05) is 0 Å². The third kappa shape index (κ3) is 1.53. The van der Waals surface area contributed by atoms with Crippen molar-refractivity contribution >= 4 is 28.2 Å². The van der Waals surface area contributed by atoms with E-state index in [0.717, 1.165) is 0 Å². The zero-order chi connectivity index (χ0) is 6.69. The first-order valence-corrected chi connectivity index (χ1v) is 3.03. The molecule has 1 rings (SSSR count). The second-order valence-electron chi connectivity index (χ2n) is 1.35. The highest BCUT2D eigenvalue weighted by Gasteiger charge is 1.92. The highest BCUT2D eigenvalue weighted by molar-refractivity contribution is 9.10. The molecular formula is C4H4BrN3O. The fraction of sp³-hybridized carbons (Fsp3) is 0. The average Bonchev–Trinajstić information content (AvgIpc) is 2.17. The Morgan fingerprint density at radius 2 is 2.67 bits per heavy atom. The first-order chi connectivity index (χ1) is 4.33. The molecule has 2 N–H and O–H groups in total. The molecule has 0 spiro atoms. The molecule has 0 aliphatic heterocycles. The Labute approximate surface area is 59.8 Å². The number of aromatic amines is 1. The molecule has 0 aliphatic rings. The van der Waals surface area contributed by atoms with E-state index in [0.29, 0.717) is 17.0 Å². The normalized spacial score (nSPS) is 9.00. The van der Waals surface area contributed by atoms with Gasteiger partial charge in [-0.2, -0.15) is 0 Å². The molecule has 0 saturated carbocycles. The van der Waals surface area contributed by atoms with Gasteiger partial charge in [0.25, 0.3) is 0 Å². The van der Waals surface area contributed by atoms with Gasteiger partial charge in [0.2, 0.25) is 6.41 Å². The van der Waals surface area contributed by atoms with Crippen molar-refractivity contribution < 1.29 is 4.79 Å². The molecule has 0 bridgehead atoms. The lowest BCUT2D eigenvalue weighted by Gasteiger charge is -1.86. The lowest BCUT2D eigenvalue weighted by molar-refractivity contribution is -0.105. The number of nitrogens with zero attached hydrogens (tertiary/aromatic N) is 1. The van der Waals surface area contributed by atoms with Gasteiger partial charge >= 0.3 is 0 Å². The molecule has 48 valence electrons. The Balaban J connectivity index is 2.72. The van der Waals surface area contributed by atoms with Crippen LogP contribution >= 0.6 is 15.9 Å². The summed E-state index contributed by atoms with van der Waals surface area (Å²) < 4.78 is 0.604. The summed E-state index contributed by atoms with van der Waals surface area (Å²) in [6, 6.07) is 0. The van der Waals surface area contributed by atoms with E-state index in [2.05, 4.69) is 31.2 Å². The first kappa shape index (κ1) is 6.28. The number of rotatable bonds is 2. The number of H-pyrrole nitrogens is 1. The van der Waals surface area contributed by atoms with Gasteiger partial charge in [-0.05, 0) is 15.9 Å². The number of carbonyl (C=O) groups is 1. The van der Waals surface area contributed by atoms with Gasteiger partial charge in [0, 0.05) is 0 Å². The number of halogens is 1. The van der Waals surface area contributed by atoms with Crippen LogP contribution in [0, 0.1) is 0 Å². The lowest BCUT2D eigenvalue weighted by Crippen LogP contribution is -1.92. The number of hydrogen-bond acceptors (Lipinski definition) is 2. The van der Waals surface area contributed by atoms with Gasteiger partial charge in [0.1, 0.15) is 5.82 Å². The molecule has 0 aliphatic carbocycles. The molecule has 0 radical (unpaired) electrons. The maximum Gasteiger partial charge on any atom is 0.212 e. The second-order valence-corrected chi connectivity index (χ2v) is 2.10. The van der Waals surface area contributed by atoms with E-state index in [1.807, 2.05) is 0 Å². The van der Waals surface area contributed by atoms with E-state index in [4.69, 9.17) is 0 Å². The summed E-state index contributed by atoms with van der Waals surface area (Å²) in [5, 5.41) is 2.40. The van der Waals surface area contributed by atoms with E-state index in [9.17, 15) is 4.79 Å². The van der Waals surface area contributed by atoms with Crippen molar-refractivity contribution in [3.63, 3.8) is 0 Å². The minimum atomic E-state index is 0.580. The van der Waals surface area contributed by atoms with Crippen molar-refractivity contribution in [2.24, 2.45) is 0 Å². The Bertz CT molecular complexity index is 209. The van der Waals surface area contributed by atoms with Crippen LogP contribution in [0.4, 0.5) is 5.82 Å². The minimum absolute atomic E-state index is 0.580. The maximum atomic E-state index is 9.81. The molecule has 5 heteroatoms. The fourth-order valence-corrected chi connectivity index (χ4v) is 0.750. The maximum absolute atomic E-state index is 9.81. The van der Waals surface area contributed by atoms with Crippen molar-refractivity contribution in [3.05, 3.63) is 10.9 Å². The zero-order valence-electron chi connectivity index (χ0n) is 4.39. The molecule has 1 amide bonds. The molecule has 0 unspecified atom stereocenters. The third-order valence-electron chi connectivity index (χ3n) is 0.759. The van der Waals surface area contributed by atoms with Crippen molar-refractivity contribution in [1.29, 1.82) is 0 Å². The largest absolute Gasteiger partial charge is 0.319 e. The van der Waals surface area contributed by atoms with Gasteiger partial charge in [-0.15, -0.1) is 0 Å². The number of carbonyl (C=O) groups excluding carboxylic acids is 1. The summed E-state index contributed by atoms with van der Waals surface area (Å²) in [4.78, 5) is 16.3. The predicted molar refractivity (Wildman–Crippen MR) is 36.0 cm³/mol. The Kier molecular flexibility index (Phi) is 1.84.